The summed E-state index contributed by atoms with van der Waals surface area (Å²) in [5.41, 5.74) is 2.16. The summed E-state index contributed by atoms with van der Waals surface area (Å²) in [6.45, 7) is 3.49. The van der Waals surface area contributed by atoms with Crippen LogP contribution in [0.5, 0.6) is 0 Å². The molecule has 6 heterocycles. The van der Waals surface area contributed by atoms with Crippen LogP contribution in [0.15, 0.2) is 72.6 Å². The first-order chi connectivity index (χ1) is 35.0. The lowest BCUT2D eigenvalue weighted by atomic mass is 9.96. The van der Waals surface area contributed by atoms with Crippen LogP contribution in [0.1, 0.15) is 47.6 Å². The maximum Gasteiger partial charge on any atom is 0.846 e. The van der Waals surface area contributed by atoms with Crippen molar-refractivity contribution < 1.29 is 68.9 Å². The van der Waals surface area contributed by atoms with Gasteiger partial charge in [0.25, 0.3) is 5.91 Å². The first-order valence-corrected chi connectivity index (χ1v) is 23.8. The standard InChI is InChI=1S/C48H53BClF6N9O8/c1-31-27-32(48(53,54)55)28-41(60-31)63-40(46(68)61(2)39-12-10-36(51)44(50)45(39)52)30-62(47(63)69)18-4-16-58-43(67)14-19-70-21-23-72-25-26-73-24-22-71-20-17-59-42(66)13-9-33-6-7-34-29-35-8-11-38(37-5-3-15-57-37)65(35)49(56)64(33)34/h3,5-8,10-12,15,27-29,40H,4,9,13-14,16-26,30H2,1-2H3,(H2,58,59,66,67)/p+1. The Kier molecular flexibility index (Phi) is 18.6. The lowest BCUT2D eigenvalue weighted by Gasteiger charge is -2.27. The van der Waals surface area contributed by atoms with Gasteiger partial charge in [-0.1, -0.05) is 11.6 Å². The van der Waals surface area contributed by atoms with E-state index in [4.69, 9.17) is 30.5 Å². The Hall–Kier alpha value is -6.47. The van der Waals surface area contributed by atoms with E-state index < -0.39 is 65.1 Å². The SMILES string of the molecule is Cc1cc(C(F)(F)F)cc(N2C(=O)N(CCCNC(=O)CCOCCOCCOCCOCCNC(=O)CCc3ccc4n3B(F)[N+]3=C(c5ccc[nH]5)C=CC3=C4)CC2C(=O)N(C)c2ccc(F)c(Cl)c2F)n1. The highest BCUT2D eigenvalue weighted by molar-refractivity contribution is 6.43. The number of amides is 5. The fourth-order valence-electron chi connectivity index (χ4n) is 8.33. The number of alkyl halides is 3. The van der Waals surface area contributed by atoms with Crippen LogP contribution in [0.25, 0.3) is 6.08 Å². The Morgan fingerprint density at radius 2 is 1.60 bits per heavy atom. The van der Waals surface area contributed by atoms with Crippen molar-refractivity contribution in [1.82, 2.24) is 30.0 Å². The van der Waals surface area contributed by atoms with Crippen LogP contribution >= 0.6 is 11.6 Å². The molecule has 1 saturated heterocycles. The van der Waals surface area contributed by atoms with Crippen LogP contribution in [0.2, 0.25) is 5.02 Å². The number of anilines is 2. The molecule has 17 nitrogen and oxygen atoms in total. The monoisotopic (exact) mass is 1040 g/mol. The first-order valence-electron chi connectivity index (χ1n) is 23.5. The molecule has 0 aliphatic carbocycles. The van der Waals surface area contributed by atoms with Gasteiger partial charge in [-0.2, -0.15) is 13.2 Å². The Labute approximate surface area is 421 Å². The number of H-pyrrole nitrogens is 1. The number of pyridine rings is 1. The minimum absolute atomic E-state index is 0.0154. The minimum Gasteiger partial charge on any atom is -0.379 e. The highest BCUT2D eigenvalue weighted by atomic mass is 35.5. The van der Waals surface area contributed by atoms with E-state index in [2.05, 4.69) is 20.6 Å². The highest BCUT2D eigenvalue weighted by Crippen LogP contribution is 2.35. The molecule has 1 unspecified atom stereocenters. The van der Waals surface area contributed by atoms with E-state index in [9.17, 15) is 41.1 Å². The van der Waals surface area contributed by atoms with Crippen molar-refractivity contribution in [2.75, 3.05) is 95.9 Å². The number of benzene rings is 1. The zero-order valence-electron chi connectivity index (χ0n) is 40.0. The number of allylic oxidation sites excluding steroid dienone is 2. The maximum absolute atomic E-state index is 15.9. The van der Waals surface area contributed by atoms with E-state index in [1.807, 2.05) is 42.5 Å². The van der Waals surface area contributed by atoms with E-state index in [0.29, 0.717) is 51.2 Å². The summed E-state index contributed by atoms with van der Waals surface area (Å²) in [4.78, 5) is 62.5. The lowest BCUT2D eigenvalue weighted by molar-refractivity contribution is -0.333. The molecule has 4 aromatic rings. The number of halogens is 7. The number of hydrogen-bond acceptors (Lipinski definition) is 9. The van der Waals surface area contributed by atoms with Crippen molar-refractivity contribution in [2.45, 2.75) is 44.8 Å². The molecule has 1 aromatic carbocycles. The van der Waals surface area contributed by atoms with Crippen LogP contribution in [-0.2, 0) is 45.9 Å². The Balaban J connectivity index is 0.711. The predicted octanol–water partition coefficient (Wildman–Crippen LogP) is 5.68. The topological polar surface area (TPSA) is 176 Å². The summed E-state index contributed by atoms with van der Waals surface area (Å²) < 4.78 is 111. The number of likely N-dealkylation sites (N-methyl/N-ethyl adjacent to an activating group) is 1. The lowest BCUT2D eigenvalue weighted by Crippen LogP contribution is -2.47. The van der Waals surface area contributed by atoms with Gasteiger partial charge in [-0.05, 0) is 68.3 Å². The summed E-state index contributed by atoms with van der Waals surface area (Å²) in [5, 5.41) is 4.66. The predicted molar refractivity (Wildman–Crippen MR) is 258 cm³/mol. The molecular weight excluding hydrogens is 991 g/mol. The van der Waals surface area contributed by atoms with E-state index in [0.717, 1.165) is 57.8 Å². The van der Waals surface area contributed by atoms with E-state index in [-0.39, 0.29) is 82.8 Å². The highest BCUT2D eigenvalue weighted by Gasteiger charge is 2.48. The van der Waals surface area contributed by atoms with Gasteiger partial charge < -0.3 is 44.4 Å². The number of carbonyl (C=O) groups is 4. The number of urea groups is 1. The third-order valence-corrected chi connectivity index (χ3v) is 12.3. The number of ether oxygens (including phenoxy) is 4. The number of aryl methyl sites for hydroxylation is 2. The smallest absolute Gasteiger partial charge is 0.379 e. The zero-order chi connectivity index (χ0) is 52.2. The summed E-state index contributed by atoms with van der Waals surface area (Å²) >= 11 is 5.72. The average Bonchev–Trinajstić information content (AvgIpc) is 4.19. The van der Waals surface area contributed by atoms with Crippen molar-refractivity contribution in [3.05, 3.63) is 118 Å². The molecule has 1 fully saturated rings. The van der Waals surface area contributed by atoms with E-state index in [1.54, 1.807) is 15.2 Å². The molecule has 0 saturated carbocycles. The zero-order valence-corrected chi connectivity index (χ0v) is 40.7. The van der Waals surface area contributed by atoms with Crippen molar-refractivity contribution in [1.29, 1.82) is 0 Å². The molecule has 3 aliphatic heterocycles. The average molecular weight is 1050 g/mol. The molecule has 0 spiro atoms. The van der Waals surface area contributed by atoms with E-state index >= 15 is 4.32 Å². The van der Waals surface area contributed by atoms with Crippen LogP contribution in [0, 0.1) is 18.6 Å². The van der Waals surface area contributed by atoms with Crippen LogP contribution < -0.4 is 20.4 Å². The largest absolute Gasteiger partial charge is 0.846 e. The Morgan fingerprint density at radius 1 is 0.918 bits per heavy atom. The molecule has 0 bridgehead atoms. The Morgan fingerprint density at radius 3 is 2.30 bits per heavy atom. The van der Waals surface area contributed by atoms with Gasteiger partial charge in [0.2, 0.25) is 17.5 Å². The summed E-state index contributed by atoms with van der Waals surface area (Å²) in [7, 11) is -0.291. The van der Waals surface area contributed by atoms with Gasteiger partial charge in [0.15, 0.2) is 11.5 Å². The molecule has 7 rings (SSSR count). The van der Waals surface area contributed by atoms with Gasteiger partial charge in [-0.25, -0.2) is 27.4 Å². The molecule has 0 radical (unpaired) electrons. The fraction of sp³-hybridized carbons (Fsp3) is 0.417. The van der Waals surface area contributed by atoms with Crippen molar-refractivity contribution in [3.63, 3.8) is 0 Å². The Bertz CT molecular complexity index is 2720. The van der Waals surface area contributed by atoms with Crippen molar-refractivity contribution in [3.8, 4) is 0 Å². The van der Waals surface area contributed by atoms with Gasteiger partial charge in [-0.3, -0.25) is 23.8 Å². The molecule has 5 amide bonds. The quantitative estimate of drug-likeness (QED) is 0.0309. The molecule has 3 N–H and O–H groups in total. The molecule has 3 aliphatic rings. The normalized spacial score (nSPS) is 15.3. The molecule has 1 atom stereocenters. The van der Waals surface area contributed by atoms with Gasteiger partial charge in [0.1, 0.15) is 28.4 Å². The number of rotatable bonds is 26. The summed E-state index contributed by atoms with van der Waals surface area (Å²) in [5.74, 6) is -4.18. The van der Waals surface area contributed by atoms with Crippen molar-refractivity contribution >= 4 is 65.9 Å². The van der Waals surface area contributed by atoms with Gasteiger partial charge in [-0.15, -0.1) is 0 Å². The second-order valence-corrected chi connectivity index (χ2v) is 17.4. The number of hydrogen-bond donors (Lipinski definition) is 3. The number of nitrogens with one attached hydrogen (secondary N) is 3. The minimum atomic E-state index is -4.80. The third kappa shape index (κ3) is 13.6. The van der Waals surface area contributed by atoms with Crippen LogP contribution in [0.3, 0.4) is 0 Å². The number of aromatic nitrogens is 3. The van der Waals surface area contributed by atoms with Crippen molar-refractivity contribution in [2.24, 2.45) is 0 Å². The van der Waals surface area contributed by atoms with Gasteiger partial charge in [0.05, 0.1) is 70.7 Å². The van der Waals surface area contributed by atoms with Crippen LogP contribution in [-0.4, -0.2) is 153 Å². The number of fused-ring (bicyclic) bond motifs is 2. The molecule has 25 heteroatoms. The molecule has 390 valence electrons. The third-order valence-electron chi connectivity index (χ3n) is 12.0. The number of aromatic amines is 1. The molecule has 3 aromatic heterocycles. The fourth-order valence-corrected chi connectivity index (χ4v) is 8.49. The molecule has 73 heavy (non-hydrogen) atoms. The van der Waals surface area contributed by atoms with Crippen LogP contribution in [0.4, 0.5) is 42.6 Å². The number of carbonyl (C=O) groups excluding carboxylic acids is 4. The molecular formula is C48H54BClF6N9O8+. The second-order valence-electron chi connectivity index (χ2n) is 17.0. The van der Waals surface area contributed by atoms with Gasteiger partial charge >= 0.3 is 19.5 Å². The second kappa shape index (κ2) is 25.0. The summed E-state index contributed by atoms with van der Waals surface area (Å²) in [6, 6.07) is 8.39. The van der Waals surface area contributed by atoms with Gasteiger partial charge in [0, 0.05) is 81.0 Å². The maximum atomic E-state index is 15.9. The summed E-state index contributed by atoms with van der Waals surface area (Å²) in [6.07, 6.45) is 3.47. The first kappa shape index (κ1) is 54.3. The van der Waals surface area contributed by atoms with E-state index in [1.165, 1.54) is 11.8 Å². The number of nitrogens with zero attached hydrogens (tertiary/aromatic N) is 6.